The molecule has 13 heavy (non-hydrogen) atoms. The Labute approximate surface area is 79.6 Å². The monoisotopic (exact) mass is 179 g/mol. The molecule has 0 atom stereocenters. The number of aryl methyl sites for hydroxylation is 1. The van der Waals surface area contributed by atoms with E-state index in [0.29, 0.717) is 0 Å². The van der Waals surface area contributed by atoms with E-state index in [-0.39, 0.29) is 0 Å². The Kier molecular flexibility index (Phi) is 3.71. The Bertz CT molecular complexity index is 260. The lowest BCUT2D eigenvalue weighted by Gasteiger charge is -2.17. The van der Waals surface area contributed by atoms with Gasteiger partial charge in [-0.25, -0.2) is 4.98 Å². The number of hydrogen-bond donors (Lipinski definition) is 1. The minimum atomic E-state index is 0.732. The van der Waals surface area contributed by atoms with Crippen LogP contribution in [-0.2, 0) is 0 Å². The van der Waals surface area contributed by atoms with Crippen molar-refractivity contribution in [2.24, 2.45) is 5.73 Å². The molecule has 1 aromatic rings. The second-order valence-electron chi connectivity index (χ2n) is 3.26. The fourth-order valence-electron chi connectivity index (χ4n) is 1.17. The van der Waals surface area contributed by atoms with Crippen LogP contribution >= 0.6 is 0 Å². The summed E-state index contributed by atoms with van der Waals surface area (Å²) in [5, 5.41) is 0. The van der Waals surface area contributed by atoms with Gasteiger partial charge in [0.25, 0.3) is 0 Å². The van der Waals surface area contributed by atoms with E-state index in [4.69, 9.17) is 5.73 Å². The number of pyridine rings is 1. The van der Waals surface area contributed by atoms with E-state index in [1.807, 2.05) is 19.3 Å². The maximum absolute atomic E-state index is 5.44. The molecule has 72 valence electrons. The zero-order valence-electron chi connectivity index (χ0n) is 8.33. The Morgan fingerprint density at radius 2 is 2.31 bits per heavy atom. The van der Waals surface area contributed by atoms with Crippen molar-refractivity contribution in [2.45, 2.75) is 13.3 Å². The first-order valence-electron chi connectivity index (χ1n) is 4.58. The Morgan fingerprint density at radius 3 is 2.92 bits per heavy atom. The third-order valence-corrected chi connectivity index (χ3v) is 1.99. The minimum absolute atomic E-state index is 0.732. The molecule has 1 heterocycles. The predicted molar refractivity (Wildman–Crippen MR) is 55.9 cm³/mol. The highest BCUT2D eigenvalue weighted by Crippen LogP contribution is 2.09. The second-order valence-corrected chi connectivity index (χ2v) is 3.26. The molecule has 0 aromatic carbocycles. The molecular formula is C10H17N3. The average Bonchev–Trinajstić information content (AvgIpc) is 2.14. The normalized spacial score (nSPS) is 10.1. The van der Waals surface area contributed by atoms with E-state index in [0.717, 1.165) is 25.3 Å². The standard InChI is InChI=1S/C10H17N3/c1-9-4-6-12-10(8-9)13(2)7-3-5-11/h4,6,8H,3,5,7,11H2,1-2H3. The third-order valence-electron chi connectivity index (χ3n) is 1.99. The van der Waals surface area contributed by atoms with Gasteiger partial charge in [0.2, 0.25) is 0 Å². The van der Waals surface area contributed by atoms with Gasteiger partial charge < -0.3 is 10.6 Å². The molecule has 0 aliphatic rings. The number of aromatic nitrogens is 1. The van der Waals surface area contributed by atoms with Crippen molar-refractivity contribution in [3.05, 3.63) is 23.9 Å². The van der Waals surface area contributed by atoms with Gasteiger partial charge >= 0.3 is 0 Å². The lowest BCUT2D eigenvalue weighted by Crippen LogP contribution is -2.21. The molecule has 2 N–H and O–H groups in total. The number of anilines is 1. The van der Waals surface area contributed by atoms with Crippen LogP contribution in [0.3, 0.4) is 0 Å². The van der Waals surface area contributed by atoms with Gasteiger partial charge in [0.15, 0.2) is 0 Å². The minimum Gasteiger partial charge on any atom is -0.360 e. The maximum atomic E-state index is 5.44. The van der Waals surface area contributed by atoms with Crippen LogP contribution in [0, 0.1) is 6.92 Å². The maximum Gasteiger partial charge on any atom is 0.128 e. The van der Waals surface area contributed by atoms with Crippen molar-refractivity contribution >= 4 is 5.82 Å². The number of hydrogen-bond acceptors (Lipinski definition) is 3. The predicted octanol–water partition coefficient (Wildman–Crippen LogP) is 1.18. The lowest BCUT2D eigenvalue weighted by atomic mass is 10.3. The smallest absolute Gasteiger partial charge is 0.128 e. The van der Waals surface area contributed by atoms with Gasteiger partial charge in [0, 0.05) is 19.8 Å². The summed E-state index contributed by atoms with van der Waals surface area (Å²) in [4.78, 5) is 6.40. The highest BCUT2D eigenvalue weighted by atomic mass is 15.2. The number of nitrogens with two attached hydrogens (primary N) is 1. The van der Waals surface area contributed by atoms with Gasteiger partial charge in [-0.05, 0) is 37.6 Å². The van der Waals surface area contributed by atoms with Crippen molar-refractivity contribution in [3.63, 3.8) is 0 Å². The molecule has 0 amide bonds. The van der Waals surface area contributed by atoms with E-state index >= 15 is 0 Å². The van der Waals surface area contributed by atoms with Crippen LogP contribution < -0.4 is 10.6 Å². The summed E-state index contributed by atoms with van der Waals surface area (Å²) in [5.74, 6) is 1.02. The third kappa shape index (κ3) is 3.03. The van der Waals surface area contributed by atoms with Crippen LogP contribution in [0.4, 0.5) is 5.82 Å². The van der Waals surface area contributed by atoms with Gasteiger partial charge in [0.05, 0.1) is 0 Å². The van der Waals surface area contributed by atoms with Gasteiger partial charge in [-0.2, -0.15) is 0 Å². The summed E-state index contributed by atoms with van der Waals surface area (Å²) < 4.78 is 0. The highest BCUT2D eigenvalue weighted by Gasteiger charge is 2.00. The molecule has 0 bridgehead atoms. The van der Waals surface area contributed by atoms with Gasteiger partial charge in [-0.3, -0.25) is 0 Å². The van der Waals surface area contributed by atoms with Gasteiger partial charge in [0.1, 0.15) is 5.82 Å². The van der Waals surface area contributed by atoms with Crippen LogP contribution in [0.1, 0.15) is 12.0 Å². The zero-order valence-corrected chi connectivity index (χ0v) is 8.33. The topological polar surface area (TPSA) is 42.2 Å². The molecule has 0 aliphatic heterocycles. The Morgan fingerprint density at radius 1 is 1.54 bits per heavy atom. The summed E-state index contributed by atoms with van der Waals surface area (Å²) in [5.41, 5.74) is 6.68. The summed E-state index contributed by atoms with van der Waals surface area (Å²) >= 11 is 0. The summed E-state index contributed by atoms with van der Waals surface area (Å²) in [6.07, 6.45) is 2.84. The summed E-state index contributed by atoms with van der Waals surface area (Å²) in [6, 6.07) is 4.08. The Balaban J connectivity index is 2.60. The van der Waals surface area contributed by atoms with Crippen LogP contribution in [0.15, 0.2) is 18.3 Å². The first-order chi connectivity index (χ1) is 6.24. The highest BCUT2D eigenvalue weighted by molar-refractivity contribution is 5.39. The van der Waals surface area contributed by atoms with E-state index in [2.05, 4.69) is 22.9 Å². The first kappa shape index (κ1) is 9.99. The molecular weight excluding hydrogens is 162 g/mol. The van der Waals surface area contributed by atoms with Crippen molar-refractivity contribution in [2.75, 3.05) is 25.0 Å². The molecule has 1 rings (SSSR count). The fraction of sp³-hybridized carbons (Fsp3) is 0.500. The molecule has 3 heteroatoms. The summed E-state index contributed by atoms with van der Waals surface area (Å²) in [6.45, 7) is 3.77. The molecule has 0 saturated carbocycles. The molecule has 3 nitrogen and oxygen atoms in total. The van der Waals surface area contributed by atoms with Crippen LogP contribution in [0.2, 0.25) is 0 Å². The van der Waals surface area contributed by atoms with Gasteiger partial charge in [-0.15, -0.1) is 0 Å². The SMILES string of the molecule is Cc1ccnc(N(C)CCCN)c1. The first-order valence-corrected chi connectivity index (χ1v) is 4.58. The average molecular weight is 179 g/mol. The van der Waals surface area contributed by atoms with Crippen LogP contribution in [-0.4, -0.2) is 25.1 Å². The van der Waals surface area contributed by atoms with Gasteiger partial charge in [-0.1, -0.05) is 0 Å². The van der Waals surface area contributed by atoms with E-state index in [1.54, 1.807) is 0 Å². The van der Waals surface area contributed by atoms with Crippen molar-refractivity contribution in [3.8, 4) is 0 Å². The molecule has 1 aromatic heterocycles. The van der Waals surface area contributed by atoms with E-state index < -0.39 is 0 Å². The van der Waals surface area contributed by atoms with E-state index in [1.165, 1.54) is 5.56 Å². The quantitative estimate of drug-likeness (QED) is 0.754. The molecule has 0 fully saturated rings. The van der Waals surface area contributed by atoms with Crippen LogP contribution in [0.5, 0.6) is 0 Å². The molecule has 0 saturated heterocycles. The largest absolute Gasteiger partial charge is 0.360 e. The zero-order chi connectivity index (χ0) is 9.68. The van der Waals surface area contributed by atoms with Crippen LogP contribution in [0.25, 0.3) is 0 Å². The molecule has 0 aliphatic carbocycles. The molecule has 0 unspecified atom stereocenters. The fourth-order valence-corrected chi connectivity index (χ4v) is 1.17. The number of rotatable bonds is 4. The van der Waals surface area contributed by atoms with Crippen molar-refractivity contribution < 1.29 is 0 Å². The van der Waals surface area contributed by atoms with Crippen molar-refractivity contribution in [1.82, 2.24) is 4.98 Å². The van der Waals surface area contributed by atoms with E-state index in [9.17, 15) is 0 Å². The van der Waals surface area contributed by atoms with Crippen molar-refractivity contribution in [1.29, 1.82) is 0 Å². The summed E-state index contributed by atoms with van der Waals surface area (Å²) in [7, 11) is 2.04. The number of nitrogens with zero attached hydrogens (tertiary/aromatic N) is 2. The Hall–Kier alpha value is -1.09. The second kappa shape index (κ2) is 4.82. The molecule has 0 spiro atoms. The lowest BCUT2D eigenvalue weighted by molar-refractivity contribution is 0.786. The molecule has 0 radical (unpaired) electrons.